The van der Waals surface area contributed by atoms with Gasteiger partial charge in [-0.3, -0.25) is 0 Å². The van der Waals surface area contributed by atoms with E-state index in [1.165, 1.54) is 10.5 Å². The summed E-state index contributed by atoms with van der Waals surface area (Å²) in [6, 6.07) is 10.3. The van der Waals surface area contributed by atoms with Crippen LogP contribution in [0.25, 0.3) is 0 Å². The molecular formula is C12H13NOS. The van der Waals surface area contributed by atoms with Crippen LogP contribution in [0.3, 0.4) is 0 Å². The van der Waals surface area contributed by atoms with Gasteiger partial charge in [0, 0.05) is 11.1 Å². The minimum Gasteiger partial charge on any atom is -0.392 e. The average Bonchev–Trinajstić information content (AvgIpc) is 2.69. The zero-order valence-corrected chi connectivity index (χ0v) is 9.34. The van der Waals surface area contributed by atoms with Gasteiger partial charge in [0.15, 0.2) is 0 Å². The van der Waals surface area contributed by atoms with Crippen molar-refractivity contribution in [1.29, 1.82) is 0 Å². The first-order valence-electron chi connectivity index (χ1n) is 4.80. The maximum Gasteiger partial charge on any atom is 0.0773 e. The topological polar surface area (TPSA) is 36.0 Å². The van der Waals surface area contributed by atoms with Crippen LogP contribution in [0.4, 0.5) is 0 Å². The van der Waals surface area contributed by atoms with E-state index in [9.17, 15) is 0 Å². The second-order valence-electron chi connectivity index (χ2n) is 3.45. The largest absolute Gasteiger partial charge is 0.392 e. The number of hydrogen-bond donors (Lipinski definition) is 2. The van der Waals surface area contributed by atoms with Crippen LogP contribution in [0.2, 0.25) is 0 Å². The van der Waals surface area contributed by atoms with Crippen molar-refractivity contribution in [3.05, 3.63) is 47.7 Å². The summed E-state index contributed by atoms with van der Waals surface area (Å²) in [7, 11) is 0. The highest BCUT2D eigenvalue weighted by Gasteiger charge is 2.00. The van der Waals surface area contributed by atoms with Gasteiger partial charge in [0.1, 0.15) is 0 Å². The molecule has 1 heterocycles. The molecule has 0 fully saturated rings. The van der Waals surface area contributed by atoms with E-state index in [0.717, 1.165) is 10.6 Å². The third kappa shape index (κ3) is 2.64. The van der Waals surface area contributed by atoms with Gasteiger partial charge in [-0.2, -0.15) is 0 Å². The van der Waals surface area contributed by atoms with Gasteiger partial charge in [-0.25, -0.2) is 0 Å². The Morgan fingerprint density at radius 3 is 2.60 bits per heavy atom. The molecule has 0 bridgehead atoms. The molecule has 78 valence electrons. The highest BCUT2D eigenvalue weighted by Crippen LogP contribution is 2.27. The molecule has 15 heavy (non-hydrogen) atoms. The van der Waals surface area contributed by atoms with E-state index >= 15 is 0 Å². The zero-order chi connectivity index (χ0) is 10.7. The quantitative estimate of drug-likeness (QED) is 0.832. The minimum absolute atomic E-state index is 0.0883. The molecule has 1 aromatic carbocycles. The first-order chi connectivity index (χ1) is 7.28. The van der Waals surface area contributed by atoms with Crippen molar-refractivity contribution in [1.82, 2.24) is 4.98 Å². The molecule has 0 amide bonds. The molecule has 0 aliphatic carbocycles. The number of aryl methyl sites for hydroxylation is 1. The SMILES string of the molecule is Cc1ccc(Sc2cc(CO)c[nH]2)cc1. The van der Waals surface area contributed by atoms with E-state index in [4.69, 9.17) is 5.11 Å². The normalized spacial score (nSPS) is 10.5. The molecule has 0 aliphatic heterocycles. The second-order valence-corrected chi connectivity index (χ2v) is 4.56. The van der Waals surface area contributed by atoms with Gasteiger partial charge in [0.2, 0.25) is 0 Å². The molecular weight excluding hydrogens is 206 g/mol. The van der Waals surface area contributed by atoms with Crippen LogP contribution >= 0.6 is 11.8 Å². The van der Waals surface area contributed by atoms with Crippen molar-refractivity contribution in [2.45, 2.75) is 23.5 Å². The molecule has 0 atom stereocenters. The van der Waals surface area contributed by atoms with Crippen molar-refractivity contribution >= 4 is 11.8 Å². The monoisotopic (exact) mass is 219 g/mol. The molecule has 2 nitrogen and oxygen atoms in total. The number of nitrogens with one attached hydrogen (secondary N) is 1. The predicted octanol–water partition coefficient (Wildman–Crippen LogP) is 2.97. The molecule has 0 radical (unpaired) electrons. The van der Waals surface area contributed by atoms with E-state index in [-0.39, 0.29) is 6.61 Å². The number of rotatable bonds is 3. The van der Waals surface area contributed by atoms with E-state index in [0.29, 0.717) is 0 Å². The zero-order valence-electron chi connectivity index (χ0n) is 8.53. The summed E-state index contributed by atoms with van der Waals surface area (Å²) >= 11 is 1.67. The maximum absolute atomic E-state index is 8.92. The van der Waals surface area contributed by atoms with E-state index in [1.54, 1.807) is 11.8 Å². The molecule has 1 aromatic heterocycles. The summed E-state index contributed by atoms with van der Waals surface area (Å²) in [6.07, 6.45) is 1.83. The first kappa shape index (κ1) is 10.3. The lowest BCUT2D eigenvalue weighted by atomic mass is 10.2. The van der Waals surface area contributed by atoms with Crippen molar-refractivity contribution in [2.24, 2.45) is 0 Å². The van der Waals surface area contributed by atoms with Gasteiger partial charge in [-0.05, 0) is 30.7 Å². The van der Waals surface area contributed by atoms with Gasteiger partial charge in [0.25, 0.3) is 0 Å². The summed E-state index contributed by atoms with van der Waals surface area (Å²) in [6.45, 7) is 2.16. The molecule has 2 N–H and O–H groups in total. The van der Waals surface area contributed by atoms with Crippen molar-refractivity contribution in [3.63, 3.8) is 0 Å². The fourth-order valence-corrected chi connectivity index (χ4v) is 2.15. The molecule has 2 aromatic rings. The Morgan fingerprint density at radius 1 is 1.27 bits per heavy atom. The Hall–Kier alpha value is -1.19. The second kappa shape index (κ2) is 4.55. The van der Waals surface area contributed by atoms with Gasteiger partial charge in [0.05, 0.1) is 11.6 Å². The fourth-order valence-electron chi connectivity index (χ4n) is 1.30. The number of aromatic nitrogens is 1. The Kier molecular flexibility index (Phi) is 3.14. The highest BCUT2D eigenvalue weighted by atomic mass is 32.2. The van der Waals surface area contributed by atoms with E-state index < -0.39 is 0 Å². The number of hydrogen-bond acceptors (Lipinski definition) is 2. The third-order valence-corrected chi connectivity index (χ3v) is 3.11. The van der Waals surface area contributed by atoms with Crippen LogP contribution < -0.4 is 0 Å². The molecule has 0 saturated carbocycles. The van der Waals surface area contributed by atoms with E-state index in [2.05, 4.69) is 36.2 Å². The molecule has 3 heteroatoms. The first-order valence-corrected chi connectivity index (χ1v) is 5.62. The lowest BCUT2D eigenvalue weighted by Crippen LogP contribution is -1.75. The van der Waals surface area contributed by atoms with Gasteiger partial charge in [-0.1, -0.05) is 29.5 Å². The summed E-state index contributed by atoms with van der Waals surface area (Å²) in [4.78, 5) is 4.32. The lowest BCUT2D eigenvalue weighted by Gasteiger charge is -1.98. The fraction of sp³-hybridized carbons (Fsp3) is 0.167. The minimum atomic E-state index is 0.0883. The lowest BCUT2D eigenvalue weighted by molar-refractivity contribution is 0.282. The number of aliphatic hydroxyl groups excluding tert-OH is 1. The molecule has 0 spiro atoms. The van der Waals surface area contributed by atoms with Gasteiger partial charge < -0.3 is 10.1 Å². The van der Waals surface area contributed by atoms with Crippen molar-refractivity contribution < 1.29 is 5.11 Å². The highest BCUT2D eigenvalue weighted by molar-refractivity contribution is 7.99. The number of aliphatic hydroxyl groups is 1. The number of H-pyrrole nitrogens is 1. The summed E-state index contributed by atoms with van der Waals surface area (Å²) < 4.78 is 0. The molecule has 0 unspecified atom stereocenters. The van der Waals surface area contributed by atoms with Crippen LogP contribution in [0, 0.1) is 6.92 Å². The smallest absolute Gasteiger partial charge is 0.0773 e. The van der Waals surface area contributed by atoms with Crippen LogP contribution in [-0.4, -0.2) is 10.1 Å². The molecule has 2 rings (SSSR count). The Morgan fingerprint density at radius 2 is 2.00 bits per heavy atom. The number of aromatic amines is 1. The standard InChI is InChI=1S/C12H13NOS/c1-9-2-4-11(5-3-9)15-12-6-10(8-14)7-13-12/h2-7,13-14H,8H2,1H3. The number of benzene rings is 1. The summed E-state index contributed by atoms with van der Waals surface area (Å²) in [5.74, 6) is 0. The Balaban J connectivity index is 2.11. The Bertz CT molecular complexity index is 433. The van der Waals surface area contributed by atoms with Crippen molar-refractivity contribution in [3.8, 4) is 0 Å². The van der Waals surface area contributed by atoms with Crippen LogP contribution in [0.15, 0.2) is 46.5 Å². The maximum atomic E-state index is 8.92. The summed E-state index contributed by atoms with van der Waals surface area (Å²) in [5.41, 5.74) is 2.19. The average molecular weight is 219 g/mol. The Labute approximate surface area is 93.3 Å². The predicted molar refractivity (Wildman–Crippen MR) is 62.0 cm³/mol. The molecule has 0 aliphatic rings. The van der Waals surface area contributed by atoms with Gasteiger partial charge >= 0.3 is 0 Å². The molecule has 0 saturated heterocycles. The van der Waals surface area contributed by atoms with Gasteiger partial charge in [-0.15, -0.1) is 0 Å². The van der Waals surface area contributed by atoms with E-state index in [1.807, 2.05) is 12.3 Å². The summed E-state index contributed by atoms with van der Waals surface area (Å²) in [5, 5.41) is 9.98. The van der Waals surface area contributed by atoms with Crippen LogP contribution in [0.1, 0.15) is 11.1 Å². The van der Waals surface area contributed by atoms with Crippen molar-refractivity contribution in [2.75, 3.05) is 0 Å². The van der Waals surface area contributed by atoms with Crippen LogP contribution in [-0.2, 0) is 6.61 Å². The third-order valence-electron chi connectivity index (χ3n) is 2.15. The van der Waals surface area contributed by atoms with Crippen LogP contribution in [0.5, 0.6) is 0 Å².